The summed E-state index contributed by atoms with van der Waals surface area (Å²) in [6.07, 6.45) is 1.16. The molecule has 1 saturated carbocycles. The normalized spacial score (nSPS) is 23.2. The van der Waals surface area contributed by atoms with E-state index in [0.29, 0.717) is 24.6 Å². The van der Waals surface area contributed by atoms with E-state index in [0.717, 1.165) is 11.8 Å². The Morgan fingerprint density at radius 2 is 1.98 bits per heavy atom. The van der Waals surface area contributed by atoms with Gasteiger partial charge in [-0.05, 0) is 37.6 Å². The van der Waals surface area contributed by atoms with Crippen molar-refractivity contribution >= 4 is 24.5 Å². The quantitative estimate of drug-likeness (QED) is 0.163. The second-order valence-electron chi connectivity index (χ2n) is 10.5. The van der Waals surface area contributed by atoms with Crippen LogP contribution >= 0.6 is 7.75 Å². The van der Waals surface area contributed by atoms with Crippen molar-refractivity contribution < 1.29 is 33.0 Å². The number of aromatic amines is 1. The number of fused-ring (bicyclic) bond motifs is 1. The van der Waals surface area contributed by atoms with Crippen LogP contribution in [0.1, 0.15) is 45.8 Å². The number of hydrogen-bond acceptors (Lipinski definition) is 9. The number of H-pyrrole nitrogens is 1. The predicted molar refractivity (Wildman–Crippen MR) is 150 cm³/mol. The Bertz CT molecular complexity index is 1560. The molecule has 1 aliphatic heterocycles. The zero-order valence-electron chi connectivity index (χ0n) is 22.9. The first kappa shape index (κ1) is 29.2. The highest BCUT2D eigenvalue weighted by Gasteiger charge is 2.64. The summed E-state index contributed by atoms with van der Waals surface area (Å²) in [5, 5.41) is 15.4. The maximum absolute atomic E-state index is 14.2. The largest absolute Gasteiger partial charge is 0.465 e. The van der Waals surface area contributed by atoms with Crippen LogP contribution in [-0.2, 0) is 23.4 Å². The fraction of sp³-hybridized carbons (Fsp3) is 0.464. The second-order valence-corrected chi connectivity index (χ2v) is 12.1. The lowest BCUT2D eigenvalue weighted by atomic mass is 9.96. The minimum atomic E-state index is -4.26. The van der Waals surface area contributed by atoms with Crippen LogP contribution in [0.3, 0.4) is 0 Å². The van der Waals surface area contributed by atoms with E-state index in [1.54, 1.807) is 12.1 Å². The molecule has 2 fully saturated rings. The molecular weight excluding hydrogens is 553 g/mol. The van der Waals surface area contributed by atoms with E-state index >= 15 is 0 Å². The van der Waals surface area contributed by atoms with E-state index in [9.17, 15) is 24.1 Å². The molecule has 2 heterocycles. The van der Waals surface area contributed by atoms with Gasteiger partial charge in [-0.1, -0.05) is 49.7 Å². The standard InChI is InChI=1S/C28H34N3O9P/c1-3-4-16-37-25(34)18(2)30-41(36,40-21-11-7-9-19-8-5-6-10-20(19)21)38-17-22-24(33)28(13-14-28)26(39-22)31-15-12-23(32)29-27(31)35/h5-12,15,18,22,24,26,33H,3-4,13-14,16-17H2,1-2H3,(H,30,36)(H,29,32,35)/t18-,22-,24-,26-,41?/m1/s1. The van der Waals surface area contributed by atoms with E-state index in [1.165, 1.54) is 23.8 Å². The summed E-state index contributed by atoms with van der Waals surface area (Å²) in [4.78, 5) is 38.8. The second kappa shape index (κ2) is 11.9. The number of carbonyl (C=O) groups is 1. The smallest absolute Gasteiger partial charge is 0.459 e. The van der Waals surface area contributed by atoms with Gasteiger partial charge in [0.05, 0.1) is 19.3 Å². The van der Waals surface area contributed by atoms with E-state index in [2.05, 4.69) is 10.1 Å². The fourth-order valence-corrected chi connectivity index (χ4v) is 6.58. The summed E-state index contributed by atoms with van der Waals surface area (Å²) < 4.78 is 38.5. The molecule has 220 valence electrons. The third-order valence-electron chi connectivity index (χ3n) is 7.49. The monoisotopic (exact) mass is 587 g/mol. The SMILES string of the molecule is CCCCOC(=O)[C@@H](C)NP(=O)(OC[C@H]1O[C@@H](n2ccc(=O)[nH]c2=O)C2(CC2)[C@@H]1O)Oc1cccc2ccccc12. The maximum atomic E-state index is 14.2. The summed E-state index contributed by atoms with van der Waals surface area (Å²) in [7, 11) is -4.26. The number of nitrogens with one attached hydrogen (secondary N) is 2. The number of rotatable bonds is 12. The minimum Gasteiger partial charge on any atom is -0.465 e. The Labute approximate surface area is 236 Å². The minimum absolute atomic E-state index is 0.229. The first-order valence-corrected chi connectivity index (χ1v) is 15.2. The van der Waals surface area contributed by atoms with Crippen LogP contribution in [0.15, 0.2) is 64.3 Å². The zero-order valence-corrected chi connectivity index (χ0v) is 23.8. The molecule has 1 unspecified atom stereocenters. The van der Waals surface area contributed by atoms with Gasteiger partial charge in [0.2, 0.25) is 0 Å². The summed E-state index contributed by atoms with van der Waals surface area (Å²) in [5.41, 5.74) is -1.96. The summed E-state index contributed by atoms with van der Waals surface area (Å²) in [6.45, 7) is 3.32. The predicted octanol–water partition coefficient (Wildman–Crippen LogP) is 3.25. The van der Waals surface area contributed by atoms with Gasteiger partial charge in [0.15, 0.2) is 0 Å². The average Bonchev–Trinajstić information content (AvgIpc) is 3.70. The molecule has 3 aromatic rings. The number of aliphatic hydroxyl groups is 1. The highest BCUT2D eigenvalue weighted by atomic mass is 31.2. The van der Waals surface area contributed by atoms with E-state index in [-0.39, 0.29) is 19.0 Å². The van der Waals surface area contributed by atoms with Crippen LogP contribution in [0, 0.1) is 5.41 Å². The average molecular weight is 588 g/mol. The number of ether oxygens (including phenoxy) is 2. The van der Waals surface area contributed by atoms with Crippen molar-refractivity contribution in [1.82, 2.24) is 14.6 Å². The number of hydrogen-bond donors (Lipinski definition) is 3. The van der Waals surface area contributed by atoms with Crippen molar-refractivity contribution in [1.29, 1.82) is 0 Å². The van der Waals surface area contributed by atoms with Crippen LogP contribution in [0.5, 0.6) is 5.75 Å². The Morgan fingerprint density at radius 3 is 2.71 bits per heavy atom. The lowest BCUT2D eigenvalue weighted by Crippen LogP contribution is -2.37. The Hall–Kier alpha value is -3.28. The molecule has 2 aromatic carbocycles. The Morgan fingerprint density at radius 1 is 1.22 bits per heavy atom. The Balaban J connectivity index is 1.37. The highest BCUT2D eigenvalue weighted by molar-refractivity contribution is 7.52. The van der Waals surface area contributed by atoms with E-state index in [1.807, 2.05) is 37.3 Å². The number of carbonyl (C=O) groups excluding carboxylic acids is 1. The fourth-order valence-electron chi connectivity index (χ4n) is 5.06. The number of esters is 1. The van der Waals surface area contributed by atoms with Crippen molar-refractivity contribution in [2.45, 2.75) is 64.0 Å². The molecule has 41 heavy (non-hydrogen) atoms. The number of aliphatic hydroxyl groups excluding tert-OH is 1. The van der Waals surface area contributed by atoms with Crippen LogP contribution in [0.25, 0.3) is 10.8 Å². The van der Waals surface area contributed by atoms with Crippen molar-refractivity contribution in [2.24, 2.45) is 5.41 Å². The molecule has 5 atom stereocenters. The number of benzene rings is 2. The van der Waals surface area contributed by atoms with Crippen LogP contribution in [-0.4, -0.2) is 52.1 Å². The molecule has 1 spiro atoms. The highest BCUT2D eigenvalue weighted by Crippen LogP contribution is 2.62. The van der Waals surface area contributed by atoms with Crippen LogP contribution in [0.2, 0.25) is 0 Å². The third kappa shape index (κ3) is 6.17. The van der Waals surface area contributed by atoms with Gasteiger partial charge in [0.1, 0.15) is 24.1 Å². The van der Waals surface area contributed by atoms with Gasteiger partial charge in [-0.25, -0.2) is 9.36 Å². The number of unbranched alkanes of at least 4 members (excludes halogenated alkanes) is 1. The molecule has 0 amide bonds. The number of aromatic nitrogens is 2. The molecule has 1 aliphatic carbocycles. The lowest BCUT2D eigenvalue weighted by molar-refractivity contribution is -0.145. The Kier molecular flexibility index (Phi) is 8.49. The maximum Gasteiger partial charge on any atom is 0.459 e. The molecular formula is C28H34N3O9P. The van der Waals surface area contributed by atoms with Gasteiger partial charge in [-0.3, -0.25) is 23.7 Å². The zero-order chi connectivity index (χ0) is 29.2. The summed E-state index contributed by atoms with van der Waals surface area (Å²) >= 11 is 0. The lowest BCUT2D eigenvalue weighted by Gasteiger charge is -2.25. The molecule has 12 nitrogen and oxygen atoms in total. The topological polar surface area (TPSA) is 158 Å². The third-order valence-corrected chi connectivity index (χ3v) is 9.12. The van der Waals surface area contributed by atoms with E-state index < -0.39 is 54.9 Å². The molecule has 3 N–H and O–H groups in total. The molecule has 13 heteroatoms. The molecule has 0 radical (unpaired) electrons. The van der Waals surface area contributed by atoms with Crippen LogP contribution < -0.4 is 20.9 Å². The molecule has 5 rings (SSSR count). The molecule has 1 saturated heterocycles. The molecule has 1 aromatic heterocycles. The van der Waals surface area contributed by atoms with Gasteiger partial charge in [0.25, 0.3) is 5.56 Å². The van der Waals surface area contributed by atoms with Crippen molar-refractivity contribution in [3.63, 3.8) is 0 Å². The van der Waals surface area contributed by atoms with Gasteiger partial charge in [-0.2, -0.15) is 5.09 Å². The van der Waals surface area contributed by atoms with Gasteiger partial charge < -0.3 is 19.1 Å². The van der Waals surface area contributed by atoms with Crippen molar-refractivity contribution in [3.8, 4) is 5.75 Å². The van der Waals surface area contributed by atoms with Gasteiger partial charge >= 0.3 is 19.4 Å². The first-order chi connectivity index (χ1) is 19.7. The summed E-state index contributed by atoms with van der Waals surface area (Å²) in [6, 6.07) is 12.8. The van der Waals surface area contributed by atoms with Gasteiger partial charge in [-0.15, -0.1) is 0 Å². The molecule has 0 bridgehead atoms. The van der Waals surface area contributed by atoms with Crippen LogP contribution in [0.4, 0.5) is 0 Å². The number of nitrogens with zero attached hydrogens (tertiary/aromatic N) is 1. The molecule has 2 aliphatic rings. The van der Waals surface area contributed by atoms with Crippen molar-refractivity contribution in [3.05, 3.63) is 75.6 Å². The van der Waals surface area contributed by atoms with Crippen molar-refractivity contribution in [2.75, 3.05) is 13.2 Å². The summed E-state index contributed by atoms with van der Waals surface area (Å²) in [5.74, 6) is -0.343. The van der Waals surface area contributed by atoms with Gasteiger partial charge in [0, 0.05) is 23.1 Å². The first-order valence-electron chi connectivity index (χ1n) is 13.7. The van der Waals surface area contributed by atoms with E-state index in [4.69, 9.17) is 18.5 Å².